The van der Waals surface area contributed by atoms with Crippen LogP contribution in [0.2, 0.25) is 0 Å². The van der Waals surface area contributed by atoms with Crippen LogP contribution in [0.15, 0.2) is 18.2 Å². The molecule has 1 amide bonds. The molecule has 0 aliphatic carbocycles. The SMILES string of the molecule is CC(Cc1ccc2c(c1)OCO2)N(C)C(=O)OCOC(=O)CCS(C)(=O)=O. The summed E-state index contributed by atoms with van der Waals surface area (Å²) in [5, 5.41) is 0. The molecular formula is C17H23NO8S. The molecule has 150 valence electrons. The topological polar surface area (TPSA) is 108 Å². The number of amides is 1. The largest absolute Gasteiger partial charge is 0.454 e. The Labute approximate surface area is 158 Å². The van der Waals surface area contributed by atoms with Gasteiger partial charge >= 0.3 is 12.1 Å². The number of hydrogen-bond donors (Lipinski definition) is 0. The Bertz CT molecular complexity index is 792. The van der Waals surface area contributed by atoms with Crippen molar-refractivity contribution in [1.82, 2.24) is 4.90 Å². The predicted molar refractivity (Wildman–Crippen MR) is 95.3 cm³/mol. The first-order chi connectivity index (χ1) is 12.7. The van der Waals surface area contributed by atoms with Gasteiger partial charge in [0.2, 0.25) is 13.6 Å². The molecule has 0 saturated heterocycles. The summed E-state index contributed by atoms with van der Waals surface area (Å²) in [7, 11) is -1.68. The van der Waals surface area contributed by atoms with Gasteiger partial charge in [-0.1, -0.05) is 6.07 Å². The summed E-state index contributed by atoms with van der Waals surface area (Å²) >= 11 is 0. The molecule has 0 saturated carbocycles. The van der Waals surface area contributed by atoms with E-state index in [1.807, 2.05) is 25.1 Å². The third kappa shape index (κ3) is 6.63. The highest BCUT2D eigenvalue weighted by Gasteiger charge is 2.20. The summed E-state index contributed by atoms with van der Waals surface area (Å²) in [6.45, 7) is 1.48. The number of rotatable bonds is 8. The zero-order valence-electron chi connectivity index (χ0n) is 15.5. The normalized spacial score (nSPS) is 13.7. The molecule has 1 heterocycles. The minimum atomic E-state index is -3.25. The van der Waals surface area contributed by atoms with Crippen molar-refractivity contribution in [3.8, 4) is 11.5 Å². The molecule has 9 nitrogen and oxygen atoms in total. The number of carbonyl (C=O) groups is 2. The zero-order chi connectivity index (χ0) is 20.0. The fourth-order valence-electron chi connectivity index (χ4n) is 2.31. The lowest BCUT2D eigenvalue weighted by Crippen LogP contribution is -2.37. The summed E-state index contributed by atoms with van der Waals surface area (Å²) in [5.41, 5.74) is 0.971. The predicted octanol–water partition coefficient (Wildman–Crippen LogP) is 1.35. The van der Waals surface area contributed by atoms with Gasteiger partial charge in [0.1, 0.15) is 9.84 Å². The fraction of sp³-hybridized carbons (Fsp3) is 0.529. The van der Waals surface area contributed by atoms with E-state index in [9.17, 15) is 18.0 Å². The van der Waals surface area contributed by atoms with Crippen LogP contribution in [-0.2, 0) is 30.5 Å². The van der Waals surface area contributed by atoms with Crippen LogP contribution in [0, 0.1) is 0 Å². The fourth-order valence-corrected chi connectivity index (χ4v) is 2.85. The number of ether oxygens (including phenoxy) is 4. The minimum Gasteiger partial charge on any atom is -0.454 e. The molecule has 0 fully saturated rings. The molecule has 1 aromatic rings. The van der Waals surface area contributed by atoms with E-state index in [0.717, 1.165) is 11.8 Å². The molecule has 0 aromatic heterocycles. The number of likely N-dealkylation sites (N-methyl/N-ethyl adjacent to an activating group) is 1. The molecule has 0 N–H and O–H groups in total. The molecule has 1 aromatic carbocycles. The summed E-state index contributed by atoms with van der Waals surface area (Å²) in [6.07, 6.45) is 0.652. The molecule has 1 atom stereocenters. The van der Waals surface area contributed by atoms with Crippen molar-refractivity contribution in [2.75, 3.05) is 32.6 Å². The van der Waals surface area contributed by atoms with Gasteiger partial charge < -0.3 is 23.8 Å². The van der Waals surface area contributed by atoms with Crippen LogP contribution >= 0.6 is 0 Å². The molecule has 2 rings (SSSR count). The van der Waals surface area contributed by atoms with Crippen molar-refractivity contribution in [2.45, 2.75) is 25.8 Å². The Hall–Kier alpha value is -2.49. The second-order valence-corrected chi connectivity index (χ2v) is 8.54. The molecule has 1 aliphatic rings. The van der Waals surface area contributed by atoms with E-state index in [-0.39, 0.29) is 25.0 Å². The van der Waals surface area contributed by atoms with E-state index in [2.05, 4.69) is 0 Å². The number of fused-ring (bicyclic) bond motifs is 1. The third-order valence-corrected chi connectivity index (χ3v) is 4.94. The summed E-state index contributed by atoms with van der Waals surface area (Å²) < 4.78 is 42.1. The zero-order valence-corrected chi connectivity index (χ0v) is 16.3. The van der Waals surface area contributed by atoms with Gasteiger partial charge in [0.05, 0.1) is 12.2 Å². The standard InChI is InChI=1S/C17H23NO8S/c1-12(8-13-4-5-14-15(9-13)24-10-23-14)18(2)17(20)26-11-25-16(19)6-7-27(3,21)22/h4-5,9,12H,6-8,10-11H2,1-3H3. The van der Waals surface area contributed by atoms with Crippen LogP contribution in [0.5, 0.6) is 11.5 Å². The van der Waals surface area contributed by atoms with Crippen LogP contribution in [-0.4, -0.2) is 64.1 Å². The molecule has 1 aliphatic heterocycles. The highest BCUT2D eigenvalue weighted by molar-refractivity contribution is 7.90. The van der Waals surface area contributed by atoms with Crippen LogP contribution in [0.25, 0.3) is 0 Å². The third-order valence-electron chi connectivity index (χ3n) is 4.00. The van der Waals surface area contributed by atoms with Crippen molar-refractivity contribution >= 4 is 21.9 Å². The van der Waals surface area contributed by atoms with Gasteiger partial charge in [0.15, 0.2) is 11.5 Å². The second-order valence-electron chi connectivity index (χ2n) is 6.28. The number of nitrogens with zero attached hydrogens (tertiary/aromatic N) is 1. The van der Waals surface area contributed by atoms with E-state index in [1.54, 1.807) is 7.05 Å². The van der Waals surface area contributed by atoms with Gasteiger partial charge in [-0.15, -0.1) is 0 Å². The first-order valence-electron chi connectivity index (χ1n) is 8.27. The Morgan fingerprint density at radius 1 is 1.22 bits per heavy atom. The number of sulfone groups is 1. The van der Waals surface area contributed by atoms with Crippen molar-refractivity contribution in [2.24, 2.45) is 0 Å². The molecule has 1 unspecified atom stereocenters. The van der Waals surface area contributed by atoms with Gasteiger partial charge in [0, 0.05) is 19.3 Å². The molecule has 0 bridgehead atoms. The molecule has 27 heavy (non-hydrogen) atoms. The Morgan fingerprint density at radius 3 is 2.63 bits per heavy atom. The monoisotopic (exact) mass is 401 g/mol. The van der Waals surface area contributed by atoms with E-state index < -0.39 is 28.7 Å². The summed E-state index contributed by atoms with van der Waals surface area (Å²) in [6, 6.07) is 5.39. The summed E-state index contributed by atoms with van der Waals surface area (Å²) in [5.74, 6) is 0.304. The van der Waals surface area contributed by atoms with Crippen LogP contribution in [0.3, 0.4) is 0 Å². The molecule has 0 spiro atoms. The number of hydrogen-bond acceptors (Lipinski definition) is 8. The second kappa shape index (κ2) is 8.94. The Morgan fingerprint density at radius 2 is 1.93 bits per heavy atom. The maximum absolute atomic E-state index is 12.0. The first-order valence-corrected chi connectivity index (χ1v) is 10.3. The lowest BCUT2D eigenvalue weighted by atomic mass is 10.1. The van der Waals surface area contributed by atoms with E-state index in [4.69, 9.17) is 18.9 Å². The summed E-state index contributed by atoms with van der Waals surface area (Å²) in [4.78, 5) is 24.8. The quantitative estimate of drug-likeness (QED) is 0.474. The average molecular weight is 401 g/mol. The lowest BCUT2D eigenvalue weighted by molar-refractivity contribution is -0.151. The van der Waals surface area contributed by atoms with Gasteiger partial charge in [-0.05, 0) is 31.0 Å². The Kier molecular flexibility index (Phi) is 6.89. The maximum atomic E-state index is 12.0. The van der Waals surface area contributed by atoms with Gasteiger partial charge in [-0.2, -0.15) is 0 Å². The van der Waals surface area contributed by atoms with Crippen LogP contribution < -0.4 is 9.47 Å². The smallest absolute Gasteiger partial charge is 0.412 e. The van der Waals surface area contributed by atoms with Crippen molar-refractivity contribution < 1.29 is 37.0 Å². The number of carbonyl (C=O) groups excluding carboxylic acids is 2. The number of benzene rings is 1. The molecular weight excluding hydrogens is 378 g/mol. The highest BCUT2D eigenvalue weighted by Crippen LogP contribution is 2.32. The molecule has 10 heteroatoms. The average Bonchev–Trinajstić information content (AvgIpc) is 3.06. The Balaban J connectivity index is 1.74. The highest BCUT2D eigenvalue weighted by atomic mass is 32.2. The van der Waals surface area contributed by atoms with Crippen molar-refractivity contribution in [3.63, 3.8) is 0 Å². The van der Waals surface area contributed by atoms with Crippen molar-refractivity contribution in [1.29, 1.82) is 0 Å². The first kappa shape index (κ1) is 20.8. The minimum absolute atomic E-state index is 0.182. The van der Waals surface area contributed by atoms with E-state index in [0.29, 0.717) is 17.9 Å². The van der Waals surface area contributed by atoms with E-state index in [1.165, 1.54) is 4.90 Å². The lowest BCUT2D eigenvalue weighted by Gasteiger charge is -2.24. The van der Waals surface area contributed by atoms with Gasteiger partial charge in [-0.3, -0.25) is 4.79 Å². The van der Waals surface area contributed by atoms with Gasteiger partial charge in [0.25, 0.3) is 0 Å². The van der Waals surface area contributed by atoms with Crippen LogP contribution in [0.1, 0.15) is 18.9 Å². The number of esters is 1. The molecule has 0 radical (unpaired) electrons. The van der Waals surface area contributed by atoms with E-state index >= 15 is 0 Å². The maximum Gasteiger partial charge on any atom is 0.412 e. The van der Waals surface area contributed by atoms with Gasteiger partial charge in [-0.25, -0.2) is 13.2 Å². The van der Waals surface area contributed by atoms with Crippen LogP contribution in [0.4, 0.5) is 4.79 Å². The van der Waals surface area contributed by atoms with Crippen molar-refractivity contribution in [3.05, 3.63) is 23.8 Å².